The molecule has 0 bridgehead atoms. The number of carbonyl (C=O) groups is 1. The zero-order valence-electron chi connectivity index (χ0n) is 11.7. The van der Waals surface area contributed by atoms with E-state index in [0.717, 1.165) is 37.4 Å². The fraction of sp³-hybridized carbons (Fsp3) is 0.533. The standard InChI is InChI=1S/C15H20ClNO3/c1-19-13-5-2-6-14(8-13)20-11-12-4-3-7-17(10-12)15(18)9-16/h2,5-6,8,12H,3-4,7,9-11H2,1H3. The minimum atomic E-state index is 0.0118. The van der Waals surface area contributed by atoms with Gasteiger partial charge in [-0.05, 0) is 25.0 Å². The summed E-state index contributed by atoms with van der Waals surface area (Å²) in [6.07, 6.45) is 2.09. The molecule has 1 unspecified atom stereocenters. The van der Waals surface area contributed by atoms with E-state index >= 15 is 0 Å². The van der Waals surface area contributed by atoms with Gasteiger partial charge in [0.15, 0.2) is 0 Å². The maximum absolute atomic E-state index is 11.6. The Kier molecular flexibility index (Phi) is 5.53. The Hall–Kier alpha value is -1.42. The molecule has 1 fully saturated rings. The Morgan fingerprint density at radius 1 is 1.45 bits per heavy atom. The minimum Gasteiger partial charge on any atom is -0.497 e. The molecule has 5 heteroatoms. The number of methoxy groups -OCH3 is 1. The number of hydrogen-bond donors (Lipinski definition) is 0. The second-order valence-electron chi connectivity index (χ2n) is 4.97. The molecule has 4 nitrogen and oxygen atoms in total. The Morgan fingerprint density at radius 3 is 3.00 bits per heavy atom. The van der Waals surface area contributed by atoms with Gasteiger partial charge in [0, 0.05) is 25.1 Å². The first kappa shape index (κ1) is 15.0. The predicted molar refractivity (Wildman–Crippen MR) is 78.5 cm³/mol. The molecular formula is C15H20ClNO3. The summed E-state index contributed by atoms with van der Waals surface area (Å²) in [6.45, 7) is 2.15. The molecule has 1 saturated heterocycles. The number of benzene rings is 1. The highest BCUT2D eigenvalue weighted by atomic mass is 35.5. The molecule has 0 N–H and O–H groups in total. The Labute approximate surface area is 124 Å². The van der Waals surface area contributed by atoms with Gasteiger partial charge in [0.2, 0.25) is 5.91 Å². The van der Waals surface area contributed by atoms with Gasteiger partial charge in [-0.2, -0.15) is 0 Å². The smallest absolute Gasteiger partial charge is 0.237 e. The lowest BCUT2D eigenvalue weighted by atomic mass is 9.99. The third-order valence-electron chi connectivity index (χ3n) is 3.51. The molecular weight excluding hydrogens is 278 g/mol. The number of likely N-dealkylation sites (tertiary alicyclic amines) is 1. The molecule has 1 aromatic rings. The highest BCUT2D eigenvalue weighted by Gasteiger charge is 2.23. The van der Waals surface area contributed by atoms with E-state index < -0.39 is 0 Å². The van der Waals surface area contributed by atoms with E-state index in [4.69, 9.17) is 21.1 Å². The first-order valence-corrected chi connectivity index (χ1v) is 7.37. The van der Waals surface area contributed by atoms with Crippen molar-refractivity contribution in [3.05, 3.63) is 24.3 Å². The maximum Gasteiger partial charge on any atom is 0.237 e. The third kappa shape index (κ3) is 4.04. The summed E-state index contributed by atoms with van der Waals surface area (Å²) < 4.78 is 11.0. The lowest BCUT2D eigenvalue weighted by molar-refractivity contribution is -0.130. The number of ether oxygens (including phenoxy) is 2. The van der Waals surface area contributed by atoms with Crippen LogP contribution in [0.2, 0.25) is 0 Å². The minimum absolute atomic E-state index is 0.0118. The lowest BCUT2D eigenvalue weighted by Crippen LogP contribution is -2.42. The zero-order valence-corrected chi connectivity index (χ0v) is 12.4. The van der Waals surface area contributed by atoms with E-state index in [1.807, 2.05) is 29.2 Å². The number of carbonyl (C=O) groups excluding carboxylic acids is 1. The first-order chi connectivity index (χ1) is 9.72. The van der Waals surface area contributed by atoms with Gasteiger partial charge in [-0.25, -0.2) is 0 Å². The number of amides is 1. The van der Waals surface area contributed by atoms with Crippen molar-refractivity contribution in [2.24, 2.45) is 5.92 Å². The van der Waals surface area contributed by atoms with Gasteiger partial charge in [-0.1, -0.05) is 6.07 Å². The second kappa shape index (κ2) is 7.39. The highest BCUT2D eigenvalue weighted by molar-refractivity contribution is 6.27. The van der Waals surface area contributed by atoms with Crippen molar-refractivity contribution in [1.29, 1.82) is 0 Å². The SMILES string of the molecule is COc1cccc(OCC2CCCN(C(=O)CCl)C2)c1. The molecule has 1 heterocycles. The number of halogens is 1. The van der Waals surface area contributed by atoms with Crippen molar-refractivity contribution in [3.8, 4) is 11.5 Å². The normalized spacial score (nSPS) is 18.7. The van der Waals surface area contributed by atoms with Gasteiger partial charge in [0.05, 0.1) is 13.7 Å². The van der Waals surface area contributed by atoms with Crippen molar-refractivity contribution < 1.29 is 14.3 Å². The Morgan fingerprint density at radius 2 is 2.25 bits per heavy atom. The van der Waals surface area contributed by atoms with Crippen LogP contribution in [-0.4, -0.2) is 43.5 Å². The number of alkyl halides is 1. The van der Waals surface area contributed by atoms with Crippen molar-refractivity contribution in [2.45, 2.75) is 12.8 Å². The molecule has 0 spiro atoms. The van der Waals surface area contributed by atoms with Crippen LogP contribution in [0.1, 0.15) is 12.8 Å². The van der Waals surface area contributed by atoms with Crippen LogP contribution in [0.5, 0.6) is 11.5 Å². The van der Waals surface area contributed by atoms with Gasteiger partial charge in [0.25, 0.3) is 0 Å². The third-order valence-corrected chi connectivity index (χ3v) is 3.74. The largest absolute Gasteiger partial charge is 0.497 e. The molecule has 1 aliphatic heterocycles. The van der Waals surface area contributed by atoms with Crippen LogP contribution in [0.15, 0.2) is 24.3 Å². The number of piperidine rings is 1. The van der Waals surface area contributed by atoms with Crippen molar-refractivity contribution in [1.82, 2.24) is 4.90 Å². The fourth-order valence-corrected chi connectivity index (χ4v) is 2.59. The fourth-order valence-electron chi connectivity index (χ4n) is 2.42. The predicted octanol–water partition coefficient (Wildman–Crippen LogP) is 2.55. The van der Waals surface area contributed by atoms with Crippen molar-refractivity contribution in [3.63, 3.8) is 0 Å². The average molecular weight is 298 g/mol. The molecule has 1 amide bonds. The molecule has 1 aliphatic rings. The van der Waals surface area contributed by atoms with Crippen LogP contribution in [0.25, 0.3) is 0 Å². The van der Waals surface area contributed by atoms with Crippen LogP contribution >= 0.6 is 11.6 Å². The first-order valence-electron chi connectivity index (χ1n) is 6.83. The van der Waals surface area contributed by atoms with E-state index in [1.54, 1.807) is 7.11 Å². The van der Waals surface area contributed by atoms with Crippen LogP contribution in [-0.2, 0) is 4.79 Å². The monoisotopic (exact) mass is 297 g/mol. The lowest BCUT2D eigenvalue weighted by Gasteiger charge is -2.32. The summed E-state index contributed by atoms with van der Waals surface area (Å²) in [4.78, 5) is 13.4. The van der Waals surface area contributed by atoms with E-state index in [1.165, 1.54) is 0 Å². The quantitative estimate of drug-likeness (QED) is 0.784. The topological polar surface area (TPSA) is 38.8 Å². The van der Waals surface area contributed by atoms with Crippen LogP contribution in [0, 0.1) is 5.92 Å². The molecule has 110 valence electrons. The summed E-state index contributed by atoms with van der Waals surface area (Å²) in [5.41, 5.74) is 0. The highest BCUT2D eigenvalue weighted by Crippen LogP contribution is 2.22. The van der Waals surface area contributed by atoms with Gasteiger partial charge in [0.1, 0.15) is 17.4 Å². The molecule has 0 aliphatic carbocycles. The van der Waals surface area contributed by atoms with Gasteiger partial charge in [-0.15, -0.1) is 11.6 Å². The number of hydrogen-bond acceptors (Lipinski definition) is 3. The van der Waals surface area contributed by atoms with E-state index in [-0.39, 0.29) is 11.8 Å². The van der Waals surface area contributed by atoms with Crippen LogP contribution in [0.3, 0.4) is 0 Å². The molecule has 1 aromatic carbocycles. The summed E-state index contributed by atoms with van der Waals surface area (Å²) in [6, 6.07) is 7.56. The summed E-state index contributed by atoms with van der Waals surface area (Å²) in [7, 11) is 1.63. The summed E-state index contributed by atoms with van der Waals surface area (Å²) in [5.74, 6) is 2.01. The maximum atomic E-state index is 11.6. The molecule has 1 atom stereocenters. The van der Waals surface area contributed by atoms with E-state index in [0.29, 0.717) is 12.5 Å². The molecule has 20 heavy (non-hydrogen) atoms. The zero-order chi connectivity index (χ0) is 14.4. The average Bonchev–Trinajstić information content (AvgIpc) is 2.52. The summed E-state index contributed by atoms with van der Waals surface area (Å²) in [5, 5.41) is 0. The number of rotatable bonds is 5. The molecule has 0 radical (unpaired) electrons. The van der Waals surface area contributed by atoms with E-state index in [2.05, 4.69) is 0 Å². The molecule has 2 rings (SSSR count). The summed E-state index contributed by atoms with van der Waals surface area (Å²) >= 11 is 5.60. The molecule has 0 aromatic heterocycles. The van der Waals surface area contributed by atoms with Gasteiger partial charge in [-0.3, -0.25) is 4.79 Å². The van der Waals surface area contributed by atoms with Gasteiger partial charge >= 0.3 is 0 Å². The van der Waals surface area contributed by atoms with Crippen LogP contribution in [0.4, 0.5) is 0 Å². The number of nitrogens with zero attached hydrogens (tertiary/aromatic N) is 1. The van der Waals surface area contributed by atoms with Crippen molar-refractivity contribution in [2.75, 3.05) is 32.7 Å². The van der Waals surface area contributed by atoms with E-state index in [9.17, 15) is 4.79 Å². The Bertz CT molecular complexity index is 452. The van der Waals surface area contributed by atoms with Gasteiger partial charge < -0.3 is 14.4 Å². The Balaban J connectivity index is 1.85. The van der Waals surface area contributed by atoms with Crippen molar-refractivity contribution >= 4 is 17.5 Å². The van der Waals surface area contributed by atoms with Crippen LogP contribution < -0.4 is 9.47 Å². The second-order valence-corrected chi connectivity index (χ2v) is 5.24. The molecule has 0 saturated carbocycles.